The second kappa shape index (κ2) is 7.64. The van der Waals surface area contributed by atoms with Crippen LogP contribution in [0.3, 0.4) is 0 Å². The molecule has 1 fully saturated rings. The average molecular weight is 426 g/mol. The van der Waals surface area contributed by atoms with E-state index in [1.54, 1.807) is 19.1 Å². The SMILES string of the molecule is CC(O)[C@H]1C(=O)N2C(C(=O)O)=C(S(=O)C(C)Cc3ccc([N+](=O)[O-])cc3)S[C@H]12. The Morgan fingerprint density at radius 1 is 1.36 bits per heavy atom. The van der Waals surface area contributed by atoms with Crippen LogP contribution in [-0.4, -0.2) is 52.8 Å². The van der Waals surface area contributed by atoms with E-state index >= 15 is 0 Å². The van der Waals surface area contributed by atoms with Crippen LogP contribution >= 0.6 is 11.8 Å². The fourth-order valence-electron chi connectivity index (χ4n) is 3.24. The fourth-order valence-corrected chi connectivity index (χ4v) is 6.81. The number of amides is 1. The number of nitro groups is 1. The van der Waals surface area contributed by atoms with Crippen LogP contribution in [0.1, 0.15) is 19.4 Å². The van der Waals surface area contributed by atoms with Gasteiger partial charge in [-0.3, -0.25) is 24.0 Å². The molecule has 11 heteroatoms. The maximum atomic E-state index is 13.0. The van der Waals surface area contributed by atoms with E-state index < -0.39 is 50.2 Å². The van der Waals surface area contributed by atoms with Gasteiger partial charge in [0.25, 0.3) is 5.69 Å². The van der Waals surface area contributed by atoms with E-state index in [1.807, 2.05) is 0 Å². The molecule has 28 heavy (non-hydrogen) atoms. The van der Waals surface area contributed by atoms with E-state index in [9.17, 15) is 34.1 Å². The second-order valence-electron chi connectivity index (χ2n) is 6.66. The number of aliphatic hydroxyl groups is 1. The maximum Gasteiger partial charge on any atom is 0.354 e. The van der Waals surface area contributed by atoms with E-state index in [0.29, 0.717) is 6.42 Å². The van der Waals surface area contributed by atoms with Crippen molar-refractivity contribution in [3.05, 3.63) is 49.9 Å². The Bertz CT molecular complexity index is 897. The summed E-state index contributed by atoms with van der Waals surface area (Å²) in [5.74, 6) is -2.54. The van der Waals surface area contributed by atoms with Crippen molar-refractivity contribution in [1.82, 2.24) is 4.90 Å². The summed E-state index contributed by atoms with van der Waals surface area (Å²) in [5.41, 5.74) is 0.394. The molecule has 0 bridgehead atoms. The zero-order chi connectivity index (χ0) is 20.7. The Labute approximate surface area is 167 Å². The molecule has 0 aliphatic carbocycles. The van der Waals surface area contributed by atoms with Crippen LogP contribution in [0.4, 0.5) is 5.69 Å². The van der Waals surface area contributed by atoms with Crippen LogP contribution in [0.5, 0.6) is 0 Å². The molecule has 2 aliphatic heterocycles. The first-order chi connectivity index (χ1) is 13.1. The zero-order valence-corrected chi connectivity index (χ0v) is 16.6. The molecule has 3 unspecified atom stereocenters. The number of β-lactam (4-membered cyclic amide) rings is 1. The first kappa shape index (κ1) is 20.5. The lowest BCUT2D eigenvalue weighted by Crippen LogP contribution is -2.60. The number of carboxylic acid groups (broad SMARTS) is 1. The van der Waals surface area contributed by atoms with Crippen molar-refractivity contribution in [2.24, 2.45) is 5.92 Å². The molecule has 0 spiro atoms. The lowest BCUT2D eigenvalue weighted by atomic mass is 9.92. The van der Waals surface area contributed by atoms with Gasteiger partial charge < -0.3 is 10.2 Å². The topological polar surface area (TPSA) is 138 Å². The number of aliphatic carboxylic acids is 1. The number of nitro benzene ring substituents is 1. The summed E-state index contributed by atoms with van der Waals surface area (Å²) < 4.78 is 13.1. The number of nitrogens with zero attached hydrogens (tertiary/aromatic N) is 2. The van der Waals surface area contributed by atoms with Crippen LogP contribution in [0.2, 0.25) is 0 Å². The molecule has 1 saturated heterocycles. The van der Waals surface area contributed by atoms with Crippen molar-refractivity contribution in [2.75, 3.05) is 0 Å². The molecule has 3 rings (SSSR count). The van der Waals surface area contributed by atoms with Gasteiger partial charge in [-0.2, -0.15) is 0 Å². The molecule has 5 atom stereocenters. The summed E-state index contributed by atoms with van der Waals surface area (Å²) in [6, 6.07) is 5.85. The smallest absolute Gasteiger partial charge is 0.354 e. The number of benzene rings is 1. The van der Waals surface area contributed by atoms with Gasteiger partial charge in [0.1, 0.15) is 9.61 Å². The molecule has 2 heterocycles. The van der Waals surface area contributed by atoms with Crippen LogP contribution in [0.15, 0.2) is 34.2 Å². The summed E-state index contributed by atoms with van der Waals surface area (Å²) in [7, 11) is -1.70. The standard InChI is InChI=1S/C17H18N2O7S2/c1-8(7-10-3-5-11(6-4-10)19(24)25)28(26)17-13(16(22)23)18-14(21)12(9(2)20)15(18)27-17/h3-6,8-9,12,15,20H,7H2,1-2H3,(H,22,23)/t8?,9?,12-,15+,28?/m0/s1. The minimum absolute atomic E-state index is 0.0493. The fraction of sp³-hybridized carbons (Fsp3) is 0.412. The second-order valence-corrected chi connectivity index (χ2v) is 9.85. The Balaban J connectivity index is 1.80. The van der Waals surface area contributed by atoms with Crippen LogP contribution in [0.25, 0.3) is 0 Å². The Morgan fingerprint density at radius 3 is 2.46 bits per heavy atom. The first-order valence-electron chi connectivity index (χ1n) is 8.42. The van der Waals surface area contributed by atoms with Crippen molar-refractivity contribution < 1.29 is 28.9 Å². The van der Waals surface area contributed by atoms with E-state index in [-0.39, 0.29) is 15.6 Å². The average Bonchev–Trinajstić information content (AvgIpc) is 2.96. The number of carboxylic acids is 1. The van der Waals surface area contributed by atoms with Gasteiger partial charge in [0.15, 0.2) is 5.70 Å². The number of fused-ring (bicyclic) bond motifs is 1. The number of thioether (sulfide) groups is 1. The zero-order valence-electron chi connectivity index (χ0n) is 15.0. The maximum absolute atomic E-state index is 13.0. The Morgan fingerprint density at radius 2 is 1.96 bits per heavy atom. The van der Waals surface area contributed by atoms with E-state index in [1.165, 1.54) is 19.1 Å². The largest absolute Gasteiger partial charge is 0.477 e. The molecule has 0 radical (unpaired) electrons. The third kappa shape index (κ3) is 3.45. The summed E-state index contributed by atoms with van der Waals surface area (Å²) in [6.45, 7) is 3.15. The highest BCUT2D eigenvalue weighted by Crippen LogP contribution is 2.51. The number of hydrogen-bond donors (Lipinski definition) is 2. The molecule has 0 aromatic heterocycles. The van der Waals surface area contributed by atoms with Gasteiger partial charge in [0.2, 0.25) is 5.91 Å². The van der Waals surface area contributed by atoms with E-state index in [2.05, 4.69) is 0 Å². The van der Waals surface area contributed by atoms with Crippen molar-refractivity contribution in [3.8, 4) is 0 Å². The van der Waals surface area contributed by atoms with Crippen molar-refractivity contribution in [1.29, 1.82) is 0 Å². The molecule has 1 amide bonds. The molecule has 1 aromatic carbocycles. The van der Waals surface area contributed by atoms with Crippen LogP contribution in [0, 0.1) is 16.0 Å². The van der Waals surface area contributed by atoms with E-state index in [4.69, 9.17) is 0 Å². The highest BCUT2D eigenvalue weighted by atomic mass is 32.2. The number of rotatable bonds is 7. The summed E-state index contributed by atoms with van der Waals surface area (Å²) in [6.07, 6.45) is -0.610. The summed E-state index contributed by atoms with van der Waals surface area (Å²) in [4.78, 5) is 35.2. The van der Waals surface area contributed by atoms with Gasteiger partial charge in [0, 0.05) is 17.4 Å². The number of non-ortho nitro benzene ring substituents is 1. The number of carbonyl (C=O) groups is 2. The minimum atomic E-state index is -1.70. The molecule has 2 N–H and O–H groups in total. The van der Waals surface area contributed by atoms with E-state index in [0.717, 1.165) is 22.2 Å². The van der Waals surface area contributed by atoms with Gasteiger partial charge in [-0.1, -0.05) is 30.8 Å². The number of hydrogen-bond acceptors (Lipinski definition) is 7. The van der Waals surface area contributed by atoms with Crippen molar-refractivity contribution in [2.45, 2.75) is 37.0 Å². The Kier molecular flexibility index (Phi) is 5.60. The molecular formula is C17H18N2O7S2. The van der Waals surface area contributed by atoms with Crippen LogP contribution in [-0.2, 0) is 26.8 Å². The normalized spacial score (nSPS) is 24.4. The predicted molar refractivity (Wildman–Crippen MR) is 102 cm³/mol. The van der Waals surface area contributed by atoms with Crippen LogP contribution < -0.4 is 0 Å². The predicted octanol–water partition coefficient (Wildman–Crippen LogP) is 1.44. The molecule has 1 aromatic rings. The summed E-state index contributed by atoms with van der Waals surface area (Å²) >= 11 is 1.04. The van der Waals surface area contributed by atoms with Gasteiger partial charge in [0.05, 0.1) is 27.7 Å². The lowest BCUT2D eigenvalue weighted by molar-refractivity contribution is -0.384. The van der Waals surface area contributed by atoms with Crippen molar-refractivity contribution >= 4 is 40.1 Å². The molecule has 150 valence electrons. The lowest BCUT2D eigenvalue weighted by Gasteiger charge is -2.43. The molecule has 2 aliphatic rings. The molecule has 9 nitrogen and oxygen atoms in total. The quantitative estimate of drug-likeness (QED) is 0.379. The van der Waals surface area contributed by atoms with Gasteiger partial charge in [-0.15, -0.1) is 0 Å². The van der Waals surface area contributed by atoms with Gasteiger partial charge >= 0.3 is 5.97 Å². The van der Waals surface area contributed by atoms with Crippen molar-refractivity contribution in [3.63, 3.8) is 0 Å². The van der Waals surface area contributed by atoms with Gasteiger partial charge in [-0.25, -0.2) is 4.79 Å². The third-order valence-corrected chi connectivity index (χ3v) is 8.08. The minimum Gasteiger partial charge on any atom is -0.477 e. The highest BCUT2D eigenvalue weighted by Gasteiger charge is 2.58. The monoisotopic (exact) mass is 426 g/mol. The number of aliphatic hydroxyl groups excluding tert-OH is 1. The highest BCUT2D eigenvalue weighted by molar-refractivity contribution is 8.17. The van der Waals surface area contributed by atoms with Gasteiger partial charge in [-0.05, 0) is 18.9 Å². The Hall–Kier alpha value is -2.24. The summed E-state index contributed by atoms with van der Waals surface area (Å²) in [5, 5.41) is 29.0. The third-order valence-electron chi connectivity index (χ3n) is 4.69. The first-order valence-corrected chi connectivity index (χ1v) is 10.5. The molecular weight excluding hydrogens is 408 g/mol. The molecule has 0 saturated carbocycles. The number of carbonyl (C=O) groups excluding carboxylic acids is 1.